The third kappa shape index (κ3) is 2.72. The number of hydrogen-bond acceptors (Lipinski definition) is 3. The van der Waals surface area contributed by atoms with Crippen LogP contribution in [-0.4, -0.2) is 4.98 Å². The van der Waals surface area contributed by atoms with Crippen molar-refractivity contribution >= 4 is 34.5 Å². The molecular formula is C16H11Cl2F3N2S. The van der Waals surface area contributed by atoms with Crippen molar-refractivity contribution in [2.75, 3.05) is 0 Å². The van der Waals surface area contributed by atoms with Crippen molar-refractivity contribution in [3.8, 4) is 0 Å². The van der Waals surface area contributed by atoms with E-state index in [0.29, 0.717) is 16.3 Å². The van der Waals surface area contributed by atoms with Crippen LogP contribution in [0.5, 0.6) is 0 Å². The maximum Gasteiger partial charge on any atom is 0.416 e. The molecule has 3 rings (SSSR count). The first-order valence-electron chi connectivity index (χ1n) is 6.80. The van der Waals surface area contributed by atoms with Crippen LogP contribution in [0.1, 0.15) is 16.1 Å². The molecule has 126 valence electrons. The topological polar surface area (TPSA) is 38.9 Å². The lowest BCUT2D eigenvalue weighted by Gasteiger charge is -2.40. The number of halogens is 5. The van der Waals surface area contributed by atoms with E-state index in [9.17, 15) is 13.2 Å². The largest absolute Gasteiger partial charge is 0.416 e. The molecule has 0 saturated heterocycles. The van der Waals surface area contributed by atoms with E-state index in [1.54, 1.807) is 29.8 Å². The Morgan fingerprint density at radius 3 is 2.29 bits per heavy atom. The molecule has 8 heteroatoms. The van der Waals surface area contributed by atoms with Crippen LogP contribution in [-0.2, 0) is 15.9 Å². The number of aromatic nitrogens is 1. The van der Waals surface area contributed by atoms with Gasteiger partial charge in [-0.2, -0.15) is 13.2 Å². The zero-order chi connectivity index (χ0) is 17.6. The van der Waals surface area contributed by atoms with Crippen molar-refractivity contribution in [1.29, 1.82) is 0 Å². The first-order valence-corrected chi connectivity index (χ1v) is 8.43. The standard InChI is InChI=1S/C16H11Cl2F3N2S/c17-14(10-1-3-11(4-2-10)16(19,20)21)6-5-12(22)9-15(14,18)13-23-7-8-24-13/h1-9H,22H2. The van der Waals surface area contributed by atoms with Crippen LogP contribution < -0.4 is 5.73 Å². The number of hydrogen-bond donors (Lipinski definition) is 1. The number of alkyl halides is 5. The van der Waals surface area contributed by atoms with Gasteiger partial charge in [-0.05, 0) is 29.8 Å². The number of nitrogens with two attached hydrogens (primary N) is 1. The van der Waals surface area contributed by atoms with E-state index >= 15 is 0 Å². The Morgan fingerprint density at radius 2 is 1.75 bits per heavy atom. The summed E-state index contributed by atoms with van der Waals surface area (Å²) in [6, 6.07) is 4.60. The van der Waals surface area contributed by atoms with Crippen LogP contribution in [0.2, 0.25) is 0 Å². The summed E-state index contributed by atoms with van der Waals surface area (Å²) in [7, 11) is 0. The Hall–Kier alpha value is -1.50. The smallest absolute Gasteiger partial charge is 0.399 e. The Labute approximate surface area is 150 Å². The molecular weight excluding hydrogens is 380 g/mol. The van der Waals surface area contributed by atoms with Gasteiger partial charge in [-0.1, -0.05) is 18.2 Å². The van der Waals surface area contributed by atoms with E-state index in [1.165, 1.54) is 23.5 Å². The highest BCUT2D eigenvalue weighted by molar-refractivity contribution is 7.10. The first-order chi connectivity index (χ1) is 11.2. The lowest BCUT2D eigenvalue weighted by molar-refractivity contribution is -0.137. The summed E-state index contributed by atoms with van der Waals surface area (Å²) in [6.07, 6.45) is 1.90. The van der Waals surface area contributed by atoms with Gasteiger partial charge in [0.05, 0.1) is 5.56 Å². The highest BCUT2D eigenvalue weighted by Gasteiger charge is 2.52. The van der Waals surface area contributed by atoms with E-state index in [0.717, 1.165) is 12.1 Å². The molecule has 0 spiro atoms. The minimum Gasteiger partial charge on any atom is -0.399 e. The third-order valence-corrected chi connectivity index (χ3v) is 6.12. The van der Waals surface area contributed by atoms with Gasteiger partial charge in [-0.25, -0.2) is 4.98 Å². The van der Waals surface area contributed by atoms with Gasteiger partial charge in [-0.3, -0.25) is 0 Å². The molecule has 24 heavy (non-hydrogen) atoms. The van der Waals surface area contributed by atoms with E-state index < -0.39 is 21.5 Å². The van der Waals surface area contributed by atoms with Gasteiger partial charge in [0.1, 0.15) is 14.8 Å². The Kier molecular flexibility index (Phi) is 4.18. The summed E-state index contributed by atoms with van der Waals surface area (Å²) in [5.74, 6) is 0. The summed E-state index contributed by atoms with van der Waals surface area (Å²) in [4.78, 5) is 1.59. The Morgan fingerprint density at radius 1 is 1.08 bits per heavy atom. The van der Waals surface area contributed by atoms with Crippen molar-refractivity contribution in [3.63, 3.8) is 0 Å². The summed E-state index contributed by atoms with van der Waals surface area (Å²) in [5, 5.41) is 2.25. The van der Waals surface area contributed by atoms with Gasteiger partial charge in [0.15, 0.2) is 0 Å². The molecule has 2 unspecified atom stereocenters. The second kappa shape index (κ2) is 5.79. The molecule has 2 atom stereocenters. The van der Waals surface area contributed by atoms with Gasteiger partial charge in [-0.15, -0.1) is 34.5 Å². The number of thiazole rings is 1. The molecule has 2 N–H and O–H groups in total. The van der Waals surface area contributed by atoms with E-state index in [1.807, 2.05) is 0 Å². The lowest BCUT2D eigenvalue weighted by Crippen LogP contribution is -2.40. The monoisotopic (exact) mass is 390 g/mol. The second-order valence-electron chi connectivity index (χ2n) is 5.31. The average molecular weight is 391 g/mol. The van der Waals surface area contributed by atoms with Crippen molar-refractivity contribution in [2.45, 2.75) is 15.9 Å². The van der Waals surface area contributed by atoms with Gasteiger partial charge in [0, 0.05) is 17.3 Å². The molecule has 2 aromatic rings. The maximum atomic E-state index is 12.8. The van der Waals surface area contributed by atoms with Crippen LogP contribution in [0, 0.1) is 0 Å². The zero-order valence-electron chi connectivity index (χ0n) is 12.0. The molecule has 1 aliphatic rings. The molecule has 0 saturated carbocycles. The third-order valence-electron chi connectivity index (χ3n) is 3.78. The van der Waals surface area contributed by atoms with Crippen molar-refractivity contribution in [3.05, 3.63) is 75.9 Å². The fourth-order valence-electron chi connectivity index (χ4n) is 2.54. The minimum absolute atomic E-state index is 0.406. The predicted octanol–water partition coefficient (Wildman–Crippen LogP) is 5.14. The zero-order valence-corrected chi connectivity index (χ0v) is 14.3. The van der Waals surface area contributed by atoms with Crippen LogP contribution in [0.4, 0.5) is 13.2 Å². The normalized spacial score (nSPS) is 27.1. The maximum absolute atomic E-state index is 12.8. The van der Waals surface area contributed by atoms with Gasteiger partial charge >= 0.3 is 6.18 Å². The summed E-state index contributed by atoms with van der Waals surface area (Å²) in [6.45, 7) is 0. The van der Waals surface area contributed by atoms with E-state index in [-0.39, 0.29) is 0 Å². The number of rotatable bonds is 2. The highest BCUT2D eigenvalue weighted by atomic mass is 35.5. The van der Waals surface area contributed by atoms with Gasteiger partial charge in [0.25, 0.3) is 0 Å². The van der Waals surface area contributed by atoms with Gasteiger partial charge in [0.2, 0.25) is 0 Å². The van der Waals surface area contributed by atoms with Crippen LogP contribution in [0.3, 0.4) is 0 Å². The Balaban J connectivity index is 2.12. The summed E-state index contributed by atoms with van der Waals surface area (Å²) >= 11 is 14.9. The SMILES string of the molecule is NC1=CC(Cl)(c2nccs2)C(Cl)(c2ccc(C(F)(F)F)cc2)C=C1. The number of benzene rings is 1. The number of nitrogens with zero attached hydrogens (tertiary/aromatic N) is 1. The molecule has 0 radical (unpaired) electrons. The lowest BCUT2D eigenvalue weighted by atomic mass is 9.80. The molecule has 1 aromatic heterocycles. The van der Waals surface area contributed by atoms with Crippen LogP contribution in [0.25, 0.3) is 0 Å². The van der Waals surface area contributed by atoms with Crippen molar-refractivity contribution in [1.82, 2.24) is 4.98 Å². The fourth-order valence-corrected chi connectivity index (χ4v) is 4.18. The van der Waals surface area contributed by atoms with Crippen LogP contribution >= 0.6 is 34.5 Å². The molecule has 1 aromatic carbocycles. The molecule has 0 aliphatic heterocycles. The van der Waals surface area contributed by atoms with Crippen molar-refractivity contribution in [2.24, 2.45) is 5.73 Å². The second-order valence-corrected chi connectivity index (χ2v) is 7.40. The molecule has 0 amide bonds. The first kappa shape index (κ1) is 17.3. The summed E-state index contributed by atoms with van der Waals surface area (Å²) < 4.78 is 38.3. The molecule has 2 nitrogen and oxygen atoms in total. The summed E-state index contributed by atoms with van der Waals surface area (Å²) in [5.41, 5.74) is 5.93. The molecule has 1 aliphatic carbocycles. The average Bonchev–Trinajstić information content (AvgIpc) is 3.06. The Bertz CT molecular complexity index is 800. The quantitative estimate of drug-likeness (QED) is 0.720. The van der Waals surface area contributed by atoms with E-state index in [4.69, 9.17) is 28.9 Å². The highest BCUT2D eigenvalue weighted by Crippen LogP contribution is 2.55. The van der Waals surface area contributed by atoms with Crippen molar-refractivity contribution < 1.29 is 13.2 Å². The predicted molar refractivity (Wildman–Crippen MR) is 90.0 cm³/mol. The molecule has 0 bridgehead atoms. The fraction of sp³-hybridized carbons (Fsp3) is 0.188. The number of allylic oxidation sites excluding steroid dienone is 3. The molecule has 1 heterocycles. The van der Waals surface area contributed by atoms with Gasteiger partial charge < -0.3 is 5.73 Å². The van der Waals surface area contributed by atoms with Crippen LogP contribution in [0.15, 0.2) is 59.8 Å². The van der Waals surface area contributed by atoms with E-state index in [2.05, 4.69) is 4.98 Å². The molecule has 0 fully saturated rings. The minimum atomic E-state index is -4.42.